The second-order valence-electron chi connectivity index (χ2n) is 5.28. The molecule has 0 fully saturated rings. The SMILES string of the molecule is Cc1ccccc1C(C)N(CCN)Cc1ccccc1. The topological polar surface area (TPSA) is 29.3 Å². The molecule has 0 aliphatic rings. The lowest BCUT2D eigenvalue weighted by Crippen LogP contribution is -2.32. The van der Waals surface area contributed by atoms with Crippen molar-refractivity contribution in [2.45, 2.75) is 26.4 Å². The van der Waals surface area contributed by atoms with Crippen molar-refractivity contribution in [3.63, 3.8) is 0 Å². The van der Waals surface area contributed by atoms with E-state index in [1.165, 1.54) is 16.7 Å². The minimum absolute atomic E-state index is 0.375. The van der Waals surface area contributed by atoms with Gasteiger partial charge in [0.15, 0.2) is 0 Å². The summed E-state index contributed by atoms with van der Waals surface area (Å²) >= 11 is 0. The van der Waals surface area contributed by atoms with Crippen LogP contribution in [0.1, 0.15) is 29.7 Å². The minimum atomic E-state index is 0.375. The van der Waals surface area contributed by atoms with Crippen LogP contribution in [0.15, 0.2) is 54.6 Å². The molecule has 0 spiro atoms. The Bertz CT molecular complexity index is 522. The molecule has 0 aromatic heterocycles. The average Bonchev–Trinajstić information content (AvgIpc) is 2.48. The molecule has 0 radical (unpaired) electrons. The first-order chi connectivity index (χ1) is 9.72. The van der Waals surface area contributed by atoms with Gasteiger partial charge in [-0.2, -0.15) is 0 Å². The van der Waals surface area contributed by atoms with Crippen LogP contribution in [-0.2, 0) is 6.54 Å². The van der Waals surface area contributed by atoms with Gasteiger partial charge in [0.25, 0.3) is 0 Å². The maximum absolute atomic E-state index is 5.80. The third-order valence-corrected chi connectivity index (χ3v) is 3.83. The molecule has 0 heterocycles. The van der Waals surface area contributed by atoms with Crippen LogP contribution in [0, 0.1) is 6.92 Å². The Morgan fingerprint density at radius 2 is 1.65 bits per heavy atom. The molecule has 1 unspecified atom stereocenters. The fourth-order valence-corrected chi connectivity index (χ4v) is 2.65. The highest BCUT2D eigenvalue weighted by Gasteiger charge is 2.16. The van der Waals surface area contributed by atoms with Gasteiger partial charge in [-0.1, -0.05) is 54.6 Å². The van der Waals surface area contributed by atoms with E-state index in [1.807, 2.05) is 0 Å². The number of hydrogen-bond acceptors (Lipinski definition) is 2. The zero-order valence-corrected chi connectivity index (χ0v) is 12.4. The normalized spacial score (nSPS) is 12.6. The summed E-state index contributed by atoms with van der Waals surface area (Å²) in [4.78, 5) is 2.44. The zero-order valence-electron chi connectivity index (χ0n) is 12.4. The Balaban J connectivity index is 2.18. The first-order valence-corrected chi connectivity index (χ1v) is 7.26. The lowest BCUT2D eigenvalue weighted by atomic mass is 10.0. The Kier molecular flexibility index (Phi) is 5.33. The van der Waals surface area contributed by atoms with Crippen molar-refractivity contribution in [2.24, 2.45) is 5.73 Å². The van der Waals surface area contributed by atoms with Gasteiger partial charge in [-0.15, -0.1) is 0 Å². The van der Waals surface area contributed by atoms with Gasteiger partial charge in [0, 0.05) is 25.7 Å². The second kappa shape index (κ2) is 7.22. The Morgan fingerprint density at radius 1 is 1.00 bits per heavy atom. The van der Waals surface area contributed by atoms with E-state index in [2.05, 4.69) is 73.3 Å². The summed E-state index contributed by atoms with van der Waals surface area (Å²) in [5.41, 5.74) is 9.86. The summed E-state index contributed by atoms with van der Waals surface area (Å²) in [5, 5.41) is 0. The molecule has 0 aliphatic heterocycles. The summed E-state index contributed by atoms with van der Waals surface area (Å²) in [6.07, 6.45) is 0. The maximum atomic E-state index is 5.80. The first kappa shape index (κ1) is 14.8. The quantitative estimate of drug-likeness (QED) is 0.868. The molecule has 2 nitrogen and oxygen atoms in total. The standard InChI is InChI=1S/C18H24N2/c1-15-8-6-7-11-18(15)16(2)20(13-12-19)14-17-9-4-3-5-10-17/h3-11,16H,12-14,19H2,1-2H3. The van der Waals surface area contributed by atoms with Crippen LogP contribution in [0.4, 0.5) is 0 Å². The van der Waals surface area contributed by atoms with Crippen molar-refractivity contribution in [1.29, 1.82) is 0 Å². The molecular weight excluding hydrogens is 244 g/mol. The van der Waals surface area contributed by atoms with E-state index in [4.69, 9.17) is 5.73 Å². The predicted octanol–water partition coefficient (Wildman–Crippen LogP) is 3.52. The van der Waals surface area contributed by atoms with Crippen molar-refractivity contribution >= 4 is 0 Å². The third kappa shape index (κ3) is 3.69. The summed E-state index contributed by atoms with van der Waals surface area (Å²) in [6, 6.07) is 19.6. The molecule has 1 atom stereocenters. The number of rotatable bonds is 6. The van der Waals surface area contributed by atoms with Crippen LogP contribution in [-0.4, -0.2) is 18.0 Å². The lowest BCUT2D eigenvalue weighted by molar-refractivity contribution is 0.207. The maximum Gasteiger partial charge on any atom is 0.0326 e. The van der Waals surface area contributed by atoms with Crippen LogP contribution < -0.4 is 5.73 Å². The molecule has 2 rings (SSSR count). The van der Waals surface area contributed by atoms with Gasteiger partial charge in [0.1, 0.15) is 0 Å². The van der Waals surface area contributed by atoms with Gasteiger partial charge in [0.2, 0.25) is 0 Å². The van der Waals surface area contributed by atoms with Crippen molar-refractivity contribution < 1.29 is 0 Å². The predicted molar refractivity (Wildman–Crippen MR) is 85.5 cm³/mol. The van der Waals surface area contributed by atoms with Gasteiger partial charge < -0.3 is 5.73 Å². The van der Waals surface area contributed by atoms with E-state index >= 15 is 0 Å². The Labute approximate surface area is 122 Å². The number of hydrogen-bond donors (Lipinski definition) is 1. The number of nitrogens with two attached hydrogens (primary N) is 1. The van der Waals surface area contributed by atoms with Crippen molar-refractivity contribution in [3.8, 4) is 0 Å². The highest BCUT2D eigenvalue weighted by molar-refractivity contribution is 5.28. The van der Waals surface area contributed by atoms with Gasteiger partial charge >= 0.3 is 0 Å². The van der Waals surface area contributed by atoms with E-state index in [1.54, 1.807) is 0 Å². The molecule has 2 aromatic rings. The van der Waals surface area contributed by atoms with Gasteiger partial charge in [-0.25, -0.2) is 0 Å². The lowest BCUT2D eigenvalue weighted by Gasteiger charge is -2.30. The molecule has 0 bridgehead atoms. The minimum Gasteiger partial charge on any atom is -0.329 e. The monoisotopic (exact) mass is 268 g/mol. The van der Waals surface area contributed by atoms with Gasteiger partial charge in [-0.3, -0.25) is 4.90 Å². The fourth-order valence-electron chi connectivity index (χ4n) is 2.65. The molecular formula is C18H24N2. The molecule has 0 aliphatic carbocycles. The van der Waals surface area contributed by atoms with E-state index in [9.17, 15) is 0 Å². The number of benzene rings is 2. The van der Waals surface area contributed by atoms with Gasteiger partial charge in [0.05, 0.1) is 0 Å². The second-order valence-corrected chi connectivity index (χ2v) is 5.28. The average molecular weight is 268 g/mol. The molecule has 106 valence electrons. The molecule has 0 saturated carbocycles. The van der Waals surface area contributed by atoms with Crippen molar-refractivity contribution in [3.05, 3.63) is 71.3 Å². The van der Waals surface area contributed by atoms with E-state index in [-0.39, 0.29) is 0 Å². The van der Waals surface area contributed by atoms with Crippen LogP contribution >= 0.6 is 0 Å². The fraction of sp³-hybridized carbons (Fsp3) is 0.333. The molecule has 2 heteroatoms. The van der Waals surface area contributed by atoms with Crippen molar-refractivity contribution in [2.75, 3.05) is 13.1 Å². The molecule has 2 aromatic carbocycles. The molecule has 0 amide bonds. The molecule has 0 saturated heterocycles. The molecule has 2 N–H and O–H groups in total. The zero-order chi connectivity index (χ0) is 14.4. The Hall–Kier alpha value is -1.64. The summed E-state index contributed by atoms with van der Waals surface area (Å²) in [5.74, 6) is 0. The highest BCUT2D eigenvalue weighted by atomic mass is 15.2. The Morgan fingerprint density at radius 3 is 2.30 bits per heavy atom. The molecule has 20 heavy (non-hydrogen) atoms. The number of aryl methyl sites for hydroxylation is 1. The van der Waals surface area contributed by atoms with Crippen LogP contribution in [0.2, 0.25) is 0 Å². The third-order valence-electron chi connectivity index (χ3n) is 3.83. The van der Waals surface area contributed by atoms with E-state index in [0.717, 1.165) is 13.1 Å². The number of nitrogens with zero attached hydrogens (tertiary/aromatic N) is 1. The first-order valence-electron chi connectivity index (χ1n) is 7.26. The van der Waals surface area contributed by atoms with Crippen LogP contribution in [0.25, 0.3) is 0 Å². The van der Waals surface area contributed by atoms with Crippen molar-refractivity contribution in [1.82, 2.24) is 4.90 Å². The summed E-state index contributed by atoms with van der Waals surface area (Å²) in [7, 11) is 0. The van der Waals surface area contributed by atoms with Crippen LogP contribution in [0.5, 0.6) is 0 Å². The summed E-state index contributed by atoms with van der Waals surface area (Å²) in [6.45, 7) is 6.97. The largest absolute Gasteiger partial charge is 0.329 e. The smallest absolute Gasteiger partial charge is 0.0326 e. The van der Waals surface area contributed by atoms with Gasteiger partial charge in [-0.05, 0) is 30.5 Å². The van der Waals surface area contributed by atoms with Crippen LogP contribution in [0.3, 0.4) is 0 Å². The highest BCUT2D eigenvalue weighted by Crippen LogP contribution is 2.24. The summed E-state index contributed by atoms with van der Waals surface area (Å²) < 4.78 is 0. The van der Waals surface area contributed by atoms with E-state index in [0.29, 0.717) is 12.6 Å². The van der Waals surface area contributed by atoms with E-state index < -0.39 is 0 Å².